The van der Waals surface area contributed by atoms with Crippen LogP contribution in [0.4, 0.5) is 16.4 Å². The number of fused-ring (bicyclic) bond motifs is 5. The SMILES string of the molecule is CC1CC(C)(C)Nc2cc3c(cc21)C(c1ccccc1C(=O)N(C)CCCC(=O)NCCNC(=O)O[C@@H]1[C@H](O)[C@@H](COP(=O)(O)OP(=O)(O)OP(=O)(O)O)O[C@H]1[n+]1cn(C)c2c(=O)[nH]c(N)nc21)=c1cc2c(cc1O3)=NC(C)(C)CC2C. The predicted octanol–water partition coefficient (Wildman–Crippen LogP) is 3.45. The molecule has 6 heterocycles. The molecule has 82 heavy (non-hydrogen) atoms. The first kappa shape index (κ1) is 60.2. The van der Waals surface area contributed by atoms with Gasteiger partial charge in [-0.25, -0.2) is 23.1 Å². The number of aliphatic hydroxyl groups excluding tert-OH is 1. The zero-order valence-corrected chi connectivity index (χ0v) is 48.7. The van der Waals surface area contributed by atoms with Crippen molar-refractivity contribution in [2.24, 2.45) is 12.0 Å². The van der Waals surface area contributed by atoms with Crippen molar-refractivity contribution >= 4 is 69.7 Å². The minimum atomic E-state index is -5.90. The van der Waals surface area contributed by atoms with E-state index in [1.54, 1.807) is 18.0 Å². The van der Waals surface area contributed by atoms with E-state index in [-0.39, 0.29) is 78.4 Å². The van der Waals surface area contributed by atoms with Gasteiger partial charge in [-0.15, -0.1) is 0 Å². The number of aryl methyl sites for hydroxylation is 1. The Morgan fingerprint density at radius 2 is 1.65 bits per heavy atom. The normalized spacial score (nSPS) is 22.8. The number of H-pyrrole nitrogens is 1. The maximum absolute atomic E-state index is 14.6. The van der Waals surface area contributed by atoms with Crippen LogP contribution < -0.4 is 47.1 Å². The molecule has 0 saturated carbocycles. The molecule has 1 fully saturated rings. The summed E-state index contributed by atoms with van der Waals surface area (Å²) in [6, 6.07) is 16.0. The minimum Gasteiger partial charge on any atom is -0.456 e. The van der Waals surface area contributed by atoms with Crippen molar-refractivity contribution in [2.45, 2.75) is 115 Å². The Morgan fingerprint density at radius 3 is 2.38 bits per heavy atom. The van der Waals surface area contributed by atoms with Crippen molar-refractivity contribution < 1.29 is 84.7 Å². The number of amides is 3. The van der Waals surface area contributed by atoms with Crippen LogP contribution in [-0.4, -0.2) is 125 Å². The Bertz CT molecular complexity index is 3740. The molecule has 0 bridgehead atoms. The molecule has 1 saturated heterocycles. The molecule has 0 spiro atoms. The van der Waals surface area contributed by atoms with Gasteiger partial charge in [-0.05, 0) is 93.7 Å². The zero-order valence-electron chi connectivity index (χ0n) is 46.0. The molecular weight excluding hydrogens is 1130 g/mol. The lowest BCUT2D eigenvalue weighted by atomic mass is 9.79. The fourth-order valence-electron chi connectivity index (χ4n) is 11.3. The van der Waals surface area contributed by atoms with Gasteiger partial charge in [0.2, 0.25) is 17.7 Å². The number of carbonyl (C=O) groups is 3. The third kappa shape index (κ3) is 13.2. The van der Waals surface area contributed by atoms with Crippen molar-refractivity contribution in [3.8, 4) is 11.5 Å². The highest BCUT2D eigenvalue weighted by Gasteiger charge is 2.52. The second-order valence-corrected chi connectivity index (χ2v) is 26.6. The standard InChI is InChI=1S/C51H65N10O18P3/c1-26-22-50(3,4)57-34-20-36-32(18-30(26)34)40(33-19-31-27(2)23-51(5,6)58-35(31)21-37(33)75-36)28-12-9-10-13-29(28)46(65)59(7)17-11-14-39(62)53-15-16-54-49(66)77-43-42(63)38(24-74-81(70,71)79-82(72,73)78-80(67,68)69)76-47(43)61-25-60(8)41-44(61)55-48(52)56-45(41)64/h9-10,12-13,18-21,25-27,38,42-43,47,63H,11,14-17,22-24H2,1-8H3,(H9-,52,53,54,55,56,57,58,62,64,66,67,68,69,70,71,72,73)/p+1/t26?,27?,38-,42-,43-,47-/m1/s1. The first-order valence-electron chi connectivity index (χ1n) is 26.1. The molecule has 4 unspecified atom stereocenters. The van der Waals surface area contributed by atoms with Gasteiger partial charge >= 0.3 is 35.2 Å². The van der Waals surface area contributed by atoms with E-state index in [1.807, 2.05) is 24.3 Å². The number of carbonyl (C=O) groups excluding carboxylic acids is 3. The number of phosphoric ester groups is 1. The molecule has 4 aliphatic rings. The molecule has 4 aliphatic heterocycles. The number of hydrogen-bond acceptors (Lipinski definition) is 18. The Balaban J connectivity index is 0.843. The van der Waals surface area contributed by atoms with Gasteiger partial charge < -0.3 is 65.5 Å². The van der Waals surface area contributed by atoms with Gasteiger partial charge in [0.15, 0.2) is 12.4 Å². The molecular formula is C51H66N10O18P3+. The number of ether oxygens (including phenoxy) is 3. The number of nitrogens with zero attached hydrogens (tertiary/aromatic N) is 5. The van der Waals surface area contributed by atoms with Crippen LogP contribution in [0.25, 0.3) is 16.7 Å². The van der Waals surface area contributed by atoms with Crippen LogP contribution in [0.2, 0.25) is 0 Å². The maximum Gasteiger partial charge on any atom is 0.490 e. The number of anilines is 2. The summed E-state index contributed by atoms with van der Waals surface area (Å²) in [6.45, 7) is 11.9. The van der Waals surface area contributed by atoms with E-state index in [0.29, 0.717) is 17.1 Å². The van der Waals surface area contributed by atoms with E-state index in [0.717, 1.165) is 61.5 Å². The van der Waals surface area contributed by atoms with E-state index >= 15 is 0 Å². The maximum atomic E-state index is 14.6. The molecule has 28 nitrogen and oxygen atoms in total. The average Bonchev–Trinajstić information content (AvgIpc) is 1.34. The van der Waals surface area contributed by atoms with Crippen molar-refractivity contribution in [2.75, 3.05) is 44.3 Å². The van der Waals surface area contributed by atoms with Crippen LogP contribution in [0, 0.1) is 0 Å². The van der Waals surface area contributed by atoms with Crippen LogP contribution >= 0.6 is 23.5 Å². The highest BCUT2D eigenvalue weighted by molar-refractivity contribution is 7.66. The number of hydrogen-bond donors (Lipinski definition) is 10. The fourth-order valence-corrected chi connectivity index (χ4v) is 14.3. The molecule has 9 rings (SSSR count). The Labute approximate surface area is 469 Å². The average molecular weight is 1200 g/mol. The van der Waals surface area contributed by atoms with Gasteiger partial charge in [-0.1, -0.05) is 37.0 Å². The van der Waals surface area contributed by atoms with Crippen LogP contribution in [0.5, 0.6) is 11.5 Å². The number of aromatic nitrogens is 4. The molecule has 11 N–H and O–H groups in total. The van der Waals surface area contributed by atoms with Gasteiger partial charge in [0.1, 0.15) is 23.7 Å². The van der Waals surface area contributed by atoms with Gasteiger partial charge in [-0.3, -0.25) is 33.5 Å². The van der Waals surface area contributed by atoms with Crippen LogP contribution in [0.3, 0.4) is 0 Å². The first-order chi connectivity index (χ1) is 38.3. The van der Waals surface area contributed by atoms with Gasteiger partial charge in [0.25, 0.3) is 17.4 Å². The minimum absolute atomic E-state index is 0.0111. The second kappa shape index (κ2) is 22.7. The van der Waals surface area contributed by atoms with Crippen LogP contribution in [-0.2, 0) is 48.2 Å². The Hall–Kier alpha value is -6.38. The fraction of sp³-hybridized carbons (Fsp3) is 0.471. The summed E-state index contributed by atoms with van der Waals surface area (Å²) in [5.74, 6) is 0.800. The summed E-state index contributed by atoms with van der Waals surface area (Å²) in [7, 11) is -14.2. The molecule has 3 aromatic carbocycles. The topological polar surface area (TPSA) is 391 Å². The number of nitrogens with one attached hydrogen (secondary N) is 4. The number of benzene rings is 3. The Kier molecular flexibility index (Phi) is 16.6. The number of alkyl carbamates (subject to hydrolysis) is 1. The third-order valence-electron chi connectivity index (χ3n) is 14.4. The summed E-state index contributed by atoms with van der Waals surface area (Å²) in [5, 5.41) is 21.9. The summed E-state index contributed by atoms with van der Waals surface area (Å²) >= 11 is 0. The van der Waals surface area contributed by atoms with Crippen molar-refractivity contribution in [1.82, 2.24) is 30.1 Å². The largest absolute Gasteiger partial charge is 0.490 e. The summed E-state index contributed by atoms with van der Waals surface area (Å²) in [4.78, 5) is 104. The van der Waals surface area contributed by atoms with E-state index in [4.69, 9.17) is 34.7 Å². The second-order valence-electron chi connectivity index (χ2n) is 22.2. The van der Waals surface area contributed by atoms with Gasteiger partial charge in [0, 0.05) is 78.4 Å². The zero-order chi connectivity index (χ0) is 59.6. The molecule has 2 aromatic heterocycles. The van der Waals surface area contributed by atoms with E-state index < -0.39 is 72.2 Å². The molecule has 0 radical (unpaired) electrons. The van der Waals surface area contributed by atoms with Crippen molar-refractivity contribution in [1.29, 1.82) is 0 Å². The van der Waals surface area contributed by atoms with Crippen molar-refractivity contribution in [3.05, 3.63) is 104 Å². The number of aromatic amines is 1. The molecule has 5 aromatic rings. The number of nitrogen functional groups attached to an aromatic ring is 1. The lowest BCUT2D eigenvalue weighted by Crippen LogP contribution is -2.49. The van der Waals surface area contributed by atoms with Crippen LogP contribution in [0.15, 0.2) is 64.6 Å². The van der Waals surface area contributed by atoms with E-state index in [9.17, 15) is 47.8 Å². The highest BCUT2D eigenvalue weighted by Crippen LogP contribution is 2.66. The number of aliphatic hydroxyl groups is 1. The van der Waals surface area contributed by atoms with E-state index in [1.165, 1.54) is 17.9 Å². The number of rotatable bonds is 18. The lowest BCUT2D eigenvalue weighted by Gasteiger charge is -2.38. The van der Waals surface area contributed by atoms with Gasteiger partial charge in [0.05, 0.1) is 24.6 Å². The lowest BCUT2D eigenvalue weighted by molar-refractivity contribution is -0.745. The smallest absolute Gasteiger partial charge is 0.456 e. The number of nitrogens with two attached hydrogens (primary N) is 1. The quantitative estimate of drug-likeness (QED) is 0.0335. The highest BCUT2D eigenvalue weighted by atomic mass is 31.3. The summed E-state index contributed by atoms with van der Waals surface area (Å²) < 4.78 is 68.3. The molecule has 3 amide bonds. The first-order valence-corrected chi connectivity index (χ1v) is 30.7. The van der Waals surface area contributed by atoms with Crippen molar-refractivity contribution in [3.63, 3.8) is 0 Å². The summed E-state index contributed by atoms with van der Waals surface area (Å²) in [6.07, 6.45) is -4.71. The monoisotopic (exact) mass is 1200 g/mol. The predicted molar refractivity (Wildman–Crippen MR) is 293 cm³/mol. The van der Waals surface area contributed by atoms with Crippen LogP contribution in [0.1, 0.15) is 118 Å². The number of imidazole rings is 1. The van der Waals surface area contributed by atoms with E-state index in [2.05, 4.69) is 98.8 Å². The Morgan fingerprint density at radius 1 is 0.939 bits per heavy atom. The molecule has 0 aliphatic carbocycles. The third-order valence-corrected chi connectivity index (χ3v) is 18.2. The summed E-state index contributed by atoms with van der Waals surface area (Å²) in [5.41, 5.74) is 10.8. The molecule has 31 heteroatoms. The number of phosphoric acid groups is 3. The molecule has 442 valence electrons. The van der Waals surface area contributed by atoms with Gasteiger partial charge in [-0.2, -0.15) is 8.62 Å². The molecule has 8 atom stereocenters.